The second-order valence-corrected chi connectivity index (χ2v) is 4.82. The van der Waals surface area contributed by atoms with Crippen LogP contribution in [-0.2, 0) is 16.1 Å². The molecule has 0 radical (unpaired) electrons. The Balaban J connectivity index is 2.99. The van der Waals surface area contributed by atoms with Crippen LogP contribution in [0.15, 0.2) is 42.3 Å². The molecule has 0 atom stereocenters. The van der Waals surface area contributed by atoms with Gasteiger partial charge in [0.1, 0.15) is 5.75 Å². The highest BCUT2D eigenvalue weighted by Crippen LogP contribution is 2.31. The van der Waals surface area contributed by atoms with Crippen LogP contribution < -0.4 is 10.1 Å². The van der Waals surface area contributed by atoms with Gasteiger partial charge in [-0.15, -0.1) is 11.8 Å². The van der Waals surface area contributed by atoms with Crippen molar-refractivity contribution in [3.63, 3.8) is 0 Å². The normalized spacial score (nSPS) is 9.70. The van der Waals surface area contributed by atoms with E-state index in [9.17, 15) is 9.59 Å². The Bertz CT molecular complexity index is 552. The van der Waals surface area contributed by atoms with Gasteiger partial charge in [0.25, 0.3) is 0 Å². The zero-order valence-electron chi connectivity index (χ0n) is 11.6. The minimum Gasteiger partial charge on any atom is -0.422 e. The molecule has 0 aliphatic carbocycles. The monoisotopic (exact) mass is 291 g/mol. The summed E-state index contributed by atoms with van der Waals surface area (Å²) in [5.41, 5.74) is 1.89. The van der Waals surface area contributed by atoms with Crippen LogP contribution in [0.5, 0.6) is 5.75 Å². The fraction of sp³-hybridized carbons (Fsp3) is 0.200. The number of hydrogen-bond donors (Lipinski definition) is 1. The van der Waals surface area contributed by atoms with E-state index in [0.717, 1.165) is 22.1 Å². The van der Waals surface area contributed by atoms with Crippen LogP contribution in [0.4, 0.5) is 0 Å². The lowest BCUT2D eigenvalue weighted by Crippen LogP contribution is -2.20. The van der Waals surface area contributed by atoms with E-state index in [1.807, 2.05) is 19.2 Å². The molecule has 1 rings (SSSR count). The van der Waals surface area contributed by atoms with Gasteiger partial charge in [0, 0.05) is 12.6 Å². The fourth-order valence-electron chi connectivity index (χ4n) is 1.54. The first-order chi connectivity index (χ1) is 9.51. The third kappa shape index (κ3) is 4.28. The van der Waals surface area contributed by atoms with E-state index in [1.165, 1.54) is 17.8 Å². The molecular weight excluding hydrogens is 274 g/mol. The Morgan fingerprint density at radius 3 is 2.60 bits per heavy atom. The van der Waals surface area contributed by atoms with Crippen LogP contribution in [0.3, 0.4) is 0 Å². The molecule has 0 aliphatic heterocycles. The van der Waals surface area contributed by atoms with Crippen LogP contribution >= 0.6 is 11.8 Å². The number of carbonyl (C=O) groups excluding carboxylic acids is 2. The van der Waals surface area contributed by atoms with Crippen molar-refractivity contribution in [2.75, 3.05) is 6.26 Å². The summed E-state index contributed by atoms with van der Waals surface area (Å²) in [6.45, 7) is 9.07. The quantitative estimate of drug-likeness (QED) is 0.379. The third-order valence-electron chi connectivity index (χ3n) is 2.64. The molecule has 0 spiro atoms. The molecule has 5 heteroatoms. The Labute approximate surface area is 122 Å². The molecular formula is C15H17NO3S. The van der Waals surface area contributed by atoms with E-state index in [4.69, 9.17) is 4.74 Å². The lowest BCUT2D eigenvalue weighted by atomic mass is 10.1. The molecule has 0 saturated heterocycles. The Morgan fingerprint density at radius 2 is 2.05 bits per heavy atom. The van der Waals surface area contributed by atoms with E-state index < -0.39 is 5.97 Å². The van der Waals surface area contributed by atoms with Gasteiger partial charge in [-0.05, 0) is 42.5 Å². The maximum atomic E-state index is 11.3. The first kappa shape index (κ1) is 16.0. The molecule has 0 heterocycles. The van der Waals surface area contributed by atoms with Gasteiger partial charge in [-0.2, -0.15) is 0 Å². The average molecular weight is 291 g/mol. The van der Waals surface area contributed by atoms with Crippen molar-refractivity contribution in [1.82, 2.24) is 5.32 Å². The number of thioether (sulfide) groups is 1. The third-order valence-corrected chi connectivity index (χ3v) is 3.40. The van der Waals surface area contributed by atoms with Gasteiger partial charge in [0.15, 0.2) is 0 Å². The Morgan fingerprint density at radius 1 is 1.35 bits per heavy atom. The summed E-state index contributed by atoms with van der Waals surface area (Å²) in [6.07, 6.45) is 4.24. The lowest BCUT2D eigenvalue weighted by Gasteiger charge is -2.13. The number of carbonyl (C=O) groups is 2. The Hall–Kier alpha value is -2.01. The van der Waals surface area contributed by atoms with Crippen molar-refractivity contribution in [1.29, 1.82) is 0 Å². The number of esters is 1. The first-order valence-electron chi connectivity index (χ1n) is 5.93. The molecule has 1 amide bonds. The molecule has 0 bridgehead atoms. The summed E-state index contributed by atoms with van der Waals surface area (Å²) in [5.74, 6) is -0.219. The highest BCUT2D eigenvalue weighted by atomic mass is 32.2. The number of amides is 1. The summed E-state index contributed by atoms with van der Waals surface area (Å²) in [5, 5.41) is 2.72. The van der Waals surface area contributed by atoms with E-state index in [0.29, 0.717) is 12.3 Å². The maximum Gasteiger partial charge on any atom is 0.335 e. The van der Waals surface area contributed by atoms with E-state index in [-0.39, 0.29) is 5.91 Å². The summed E-state index contributed by atoms with van der Waals surface area (Å²) >= 11 is 1.47. The van der Waals surface area contributed by atoms with Crippen molar-refractivity contribution < 1.29 is 14.3 Å². The van der Waals surface area contributed by atoms with Crippen molar-refractivity contribution in [2.24, 2.45) is 0 Å². The molecule has 1 N–H and O–H groups in total. The standard InChI is InChI=1S/C15H17NO3S/c1-5-14(17)16-9-11-8-13(20-4)12(7-10(11)3)19-15(18)6-2/h5-8H,1-2,9H2,3-4H3,(H,16,17). The minimum atomic E-state index is -0.493. The van der Waals surface area contributed by atoms with Crippen LogP contribution in [0.1, 0.15) is 11.1 Å². The summed E-state index contributed by atoms with van der Waals surface area (Å²) < 4.78 is 5.19. The minimum absolute atomic E-state index is 0.225. The summed E-state index contributed by atoms with van der Waals surface area (Å²) in [6, 6.07) is 3.68. The number of rotatable bonds is 6. The van der Waals surface area contributed by atoms with Crippen LogP contribution in [0.2, 0.25) is 0 Å². The molecule has 20 heavy (non-hydrogen) atoms. The maximum absolute atomic E-state index is 11.3. The van der Waals surface area contributed by atoms with Crippen molar-refractivity contribution >= 4 is 23.6 Å². The van der Waals surface area contributed by atoms with E-state index in [2.05, 4.69) is 18.5 Å². The molecule has 4 nitrogen and oxygen atoms in total. The van der Waals surface area contributed by atoms with Gasteiger partial charge < -0.3 is 10.1 Å². The number of benzene rings is 1. The molecule has 0 aliphatic rings. The van der Waals surface area contributed by atoms with Crippen LogP contribution in [-0.4, -0.2) is 18.1 Å². The lowest BCUT2D eigenvalue weighted by molar-refractivity contribution is -0.129. The Kier molecular flexibility index (Phi) is 6.06. The van der Waals surface area contributed by atoms with Crippen molar-refractivity contribution in [2.45, 2.75) is 18.4 Å². The van der Waals surface area contributed by atoms with Crippen molar-refractivity contribution in [3.8, 4) is 5.75 Å². The molecule has 1 aromatic carbocycles. The molecule has 0 aromatic heterocycles. The van der Waals surface area contributed by atoms with E-state index >= 15 is 0 Å². The predicted octanol–water partition coefficient (Wildman–Crippen LogP) is 2.61. The van der Waals surface area contributed by atoms with E-state index in [1.54, 1.807) is 6.07 Å². The highest BCUT2D eigenvalue weighted by molar-refractivity contribution is 7.98. The number of aryl methyl sites for hydroxylation is 1. The second kappa shape index (κ2) is 7.55. The van der Waals surface area contributed by atoms with Gasteiger partial charge in [-0.1, -0.05) is 13.2 Å². The zero-order valence-corrected chi connectivity index (χ0v) is 12.4. The van der Waals surface area contributed by atoms with Gasteiger partial charge in [0.2, 0.25) is 5.91 Å². The molecule has 0 fully saturated rings. The second-order valence-electron chi connectivity index (χ2n) is 3.98. The smallest absolute Gasteiger partial charge is 0.335 e. The SMILES string of the molecule is C=CC(=O)NCc1cc(SC)c(OC(=O)C=C)cc1C. The average Bonchev–Trinajstić information content (AvgIpc) is 2.45. The zero-order chi connectivity index (χ0) is 15.1. The molecule has 0 saturated carbocycles. The number of hydrogen-bond acceptors (Lipinski definition) is 4. The molecule has 0 unspecified atom stereocenters. The predicted molar refractivity (Wildman–Crippen MR) is 80.8 cm³/mol. The van der Waals surface area contributed by atoms with Gasteiger partial charge in [-0.25, -0.2) is 4.79 Å². The summed E-state index contributed by atoms with van der Waals surface area (Å²) in [4.78, 5) is 23.3. The highest BCUT2D eigenvalue weighted by Gasteiger charge is 2.11. The van der Waals surface area contributed by atoms with Crippen molar-refractivity contribution in [3.05, 3.63) is 48.6 Å². The largest absolute Gasteiger partial charge is 0.422 e. The fourth-order valence-corrected chi connectivity index (χ4v) is 2.10. The first-order valence-corrected chi connectivity index (χ1v) is 7.16. The molecule has 106 valence electrons. The number of nitrogens with one attached hydrogen (secondary N) is 1. The van der Waals surface area contributed by atoms with Gasteiger partial charge >= 0.3 is 5.97 Å². The van der Waals surface area contributed by atoms with Crippen LogP contribution in [0.25, 0.3) is 0 Å². The van der Waals surface area contributed by atoms with Gasteiger partial charge in [-0.3, -0.25) is 4.79 Å². The van der Waals surface area contributed by atoms with Crippen LogP contribution in [0, 0.1) is 6.92 Å². The van der Waals surface area contributed by atoms with Gasteiger partial charge in [0.05, 0.1) is 4.90 Å². The number of ether oxygens (including phenoxy) is 1. The summed E-state index contributed by atoms with van der Waals surface area (Å²) in [7, 11) is 0. The molecule has 1 aromatic rings. The topological polar surface area (TPSA) is 55.4 Å².